The molecule has 1 aromatic carbocycles. The summed E-state index contributed by atoms with van der Waals surface area (Å²) in [6.07, 6.45) is 13.9. The van der Waals surface area contributed by atoms with Crippen molar-refractivity contribution in [1.82, 2.24) is 39.4 Å². The Labute approximate surface area is 282 Å². The zero-order chi connectivity index (χ0) is 33.0. The molecule has 0 unspecified atom stereocenters. The van der Waals surface area contributed by atoms with Gasteiger partial charge in [-0.1, -0.05) is 12.1 Å². The van der Waals surface area contributed by atoms with Gasteiger partial charge in [-0.25, -0.2) is 19.6 Å². The summed E-state index contributed by atoms with van der Waals surface area (Å²) in [6, 6.07) is 7.07. The van der Waals surface area contributed by atoms with E-state index in [1.54, 1.807) is 11.0 Å². The summed E-state index contributed by atoms with van der Waals surface area (Å²) in [6.45, 7) is 13.1. The second-order valence-corrected chi connectivity index (χ2v) is 13.7. The van der Waals surface area contributed by atoms with Gasteiger partial charge < -0.3 is 24.3 Å². The van der Waals surface area contributed by atoms with Crippen molar-refractivity contribution in [1.29, 1.82) is 0 Å². The van der Waals surface area contributed by atoms with Crippen molar-refractivity contribution < 1.29 is 18.9 Å². The lowest BCUT2D eigenvalue weighted by Gasteiger charge is -2.42. The standard InChI is InChI=1S/C35H47N9O4/c1-23-5-6-28(11-33(23)48-26(4)16-43-22-36-21-39-43)29-12-37-35(38-13-29)40-32-17-44(41-34(32)46-20-27-18-45-19-27)31-9-7-30(8-10-31)42-14-24(2)47-25(3)15-42/h5-6,11-13,17,21-22,24-27,30-31H,7-10,14-16,18-20H2,1-4H3,(H,37,38,40)/t24-,25+,26-,30?,31?/m0/s1. The minimum Gasteiger partial charge on any atom is -0.488 e. The van der Waals surface area contributed by atoms with Gasteiger partial charge in [-0.2, -0.15) is 5.10 Å². The maximum absolute atomic E-state index is 6.27. The van der Waals surface area contributed by atoms with E-state index in [0.29, 0.717) is 43.0 Å². The van der Waals surface area contributed by atoms with Crippen LogP contribution < -0.4 is 14.8 Å². The normalized spacial score (nSPS) is 24.2. The van der Waals surface area contributed by atoms with Gasteiger partial charge in [-0.3, -0.25) is 9.58 Å². The van der Waals surface area contributed by atoms with Gasteiger partial charge in [0.2, 0.25) is 5.95 Å². The summed E-state index contributed by atoms with van der Waals surface area (Å²) >= 11 is 0. The third-order valence-electron chi connectivity index (χ3n) is 9.52. The highest BCUT2D eigenvalue weighted by Gasteiger charge is 2.32. The molecule has 3 aromatic heterocycles. The fraction of sp³-hybridized carbons (Fsp3) is 0.571. The molecule has 1 aliphatic carbocycles. The molecule has 3 atom stereocenters. The molecule has 1 saturated carbocycles. The molecule has 7 rings (SSSR count). The van der Waals surface area contributed by atoms with Gasteiger partial charge in [0.15, 0.2) is 0 Å². The number of anilines is 2. The summed E-state index contributed by atoms with van der Waals surface area (Å²) in [5.74, 6) is 2.27. The number of hydrogen-bond donors (Lipinski definition) is 1. The Bertz CT molecular complexity index is 1610. The van der Waals surface area contributed by atoms with Crippen molar-refractivity contribution >= 4 is 11.6 Å². The lowest BCUT2D eigenvalue weighted by Crippen LogP contribution is -2.51. The number of morpholine rings is 1. The van der Waals surface area contributed by atoms with Crippen molar-refractivity contribution in [3.05, 3.63) is 55.0 Å². The lowest BCUT2D eigenvalue weighted by molar-refractivity contribution is -0.0852. The predicted molar refractivity (Wildman–Crippen MR) is 181 cm³/mol. The first-order valence-electron chi connectivity index (χ1n) is 17.2. The van der Waals surface area contributed by atoms with Gasteiger partial charge in [-0.15, -0.1) is 5.10 Å². The van der Waals surface area contributed by atoms with Crippen LogP contribution in [0.4, 0.5) is 11.6 Å². The average Bonchev–Trinajstić information content (AvgIpc) is 3.71. The minimum absolute atomic E-state index is 0.0786. The number of aryl methyl sites for hydroxylation is 1. The molecule has 2 aliphatic heterocycles. The first kappa shape index (κ1) is 32.5. The Morgan fingerprint density at radius 2 is 1.75 bits per heavy atom. The van der Waals surface area contributed by atoms with Crippen LogP contribution in [0.3, 0.4) is 0 Å². The van der Waals surface area contributed by atoms with Gasteiger partial charge in [0.05, 0.1) is 50.8 Å². The van der Waals surface area contributed by atoms with E-state index in [4.69, 9.17) is 24.0 Å². The summed E-state index contributed by atoms with van der Waals surface area (Å²) in [7, 11) is 0. The first-order valence-corrected chi connectivity index (χ1v) is 17.2. The molecule has 13 heteroatoms. The fourth-order valence-corrected chi connectivity index (χ4v) is 6.95. The molecule has 13 nitrogen and oxygen atoms in total. The second kappa shape index (κ2) is 14.6. The van der Waals surface area contributed by atoms with E-state index in [0.717, 1.165) is 80.1 Å². The minimum atomic E-state index is -0.0786. The molecule has 0 spiro atoms. The Kier molecular flexibility index (Phi) is 9.87. The second-order valence-electron chi connectivity index (χ2n) is 13.7. The largest absolute Gasteiger partial charge is 0.488 e. The molecule has 0 radical (unpaired) electrons. The highest BCUT2D eigenvalue weighted by atomic mass is 16.5. The summed E-state index contributed by atoms with van der Waals surface area (Å²) < 4.78 is 27.7. The third-order valence-corrected chi connectivity index (χ3v) is 9.52. The Hall–Kier alpha value is -4.07. The maximum Gasteiger partial charge on any atom is 0.256 e. The number of nitrogens with zero attached hydrogens (tertiary/aromatic N) is 8. The molecule has 48 heavy (non-hydrogen) atoms. The van der Waals surface area contributed by atoms with Crippen LogP contribution in [-0.2, 0) is 16.0 Å². The van der Waals surface area contributed by atoms with E-state index in [-0.39, 0.29) is 18.3 Å². The van der Waals surface area contributed by atoms with E-state index in [2.05, 4.69) is 67.1 Å². The van der Waals surface area contributed by atoms with Crippen LogP contribution in [0, 0.1) is 12.8 Å². The van der Waals surface area contributed by atoms with Crippen molar-refractivity contribution in [2.75, 3.05) is 38.2 Å². The molecular weight excluding hydrogens is 610 g/mol. The average molecular weight is 658 g/mol. The molecular formula is C35H47N9O4. The molecule has 1 N–H and O–H groups in total. The van der Waals surface area contributed by atoms with E-state index >= 15 is 0 Å². The number of nitrogens with one attached hydrogen (secondary N) is 1. The summed E-state index contributed by atoms with van der Waals surface area (Å²) in [4.78, 5) is 16.0. The molecule has 2 saturated heterocycles. The van der Waals surface area contributed by atoms with E-state index in [9.17, 15) is 0 Å². The smallest absolute Gasteiger partial charge is 0.256 e. The molecule has 4 aromatic rings. The predicted octanol–water partition coefficient (Wildman–Crippen LogP) is 5.07. The van der Waals surface area contributed by atoms with E-state index < -0.39 is 0 Å². The number of benzene rings is 1. The molecule has 3 fully saturated rings. The van der Waals surface area contributed by atoms with Crippen molar-refractivity contribution in [3.63, 3.8) is 0 Å². The fourth-order valence-electron chi connectivity index (χ4n) is 6.95. The van der Waals surface area contributed by atoms with Gasteiger partial charge in [0.25, 0.3) is 5.88 Å². The molecule has 3 aliphatic rings. The molecule has 256 valence electrons. The van der Waals surface area contributed by atoms with Gasteiger partial charge in [0.1, 0.15) is 30.2 Å². The van der Waals surface area contributed by atoms with Crippen LogP contribution in [0.5, 0.6) is 11.6 Å². The SMILES string of the molecule is Cc1ccc(-c2cnc(Nc3cn(C4CCC(N5C[C@@H](C)O[C@@H](C)C5)CC4)nc3OCC3COC3)nc2)cc1O[C@@H](C)Cn1cncn1. The highest BCUT2D eigenvalue weighted by Crippen LogP contribution is 2.36. The lowest BCUT2D eigenvalue weighted by atomic mass is 9.89. The molecule has 0 bridgehead atoms. The zero-order valence-electron chi connectivity index (χ0n) is 28.4. The first-order chi connectivity index (χ1) is 23.4. The van der Waals surface area contributed by atoms with Crippen molar-refractivity contribution in [3.8, 4) is 22.8 Å². The molecule has 0 amide bonds. The zero-order valence-corrected chi connectivity index (χ0v) is 28.4. The van der Waals surface area contributed by atoms with Crippen LogP contribution in [0.25, 0.3) is 11.1 Å². The van der Waals surface area contributed by atoms with E-state index in [1.165, 1.54) is 6.33 Å². The quantitative estimate of drug-likeness (QED) is 0.220. The van der Waals surface area contributed by atoms with Crippen LogP contribution in [0.1, 0.15) is 58.1 Å². The van der Waals surface area contributed by atoms with Crippen LogP contribution >= 0.6 is 0 Å². The summed E-state index contributed by atoms with van der Waals surface area (Å²) in [5, 5.41) is 12.5. The van der Waals surface area contributed by atoms with Crippen molar-refractivity contribution in [2.45, 2.75) is 90.3 Å². The van der Waals surface area contributed by atoms with E-state index in [1.807, 2.05) is 32.3 Å². The maximum atomic E-state index is 6.27. The summed E-state index contributed by atoms with van der Waals surface area (Å²) in [5.41, 5.74) is 3.70. The van der Waals surface area contributed by atoms with Gasteiger partial charge in [0, 0.05) is 43.0 Å². The third kappa shape index (κ3) is 7.79. The van der Waals surface area contributed by atoms with Gasteiger partial charge in [-0.05, 0) is 70.6 Å². The van der Waals surface area contributed by atoms with Crippen LogP contribution in [-0.4, -0.2) is 96.7 Å². The topological polar surface area (TPSA) is 127 Å². The van der Waals surface area contributed by atoms with Crippen LogP contribution in [0.2, 0.25) is 0 Å². The number of rotatable bonds is 12. The number of aromatic nitrogens is 7. The Balaban J connectivity index is 1.01. The van der Waals surface area contributed by atoms with Crippen molar-refractivity contribution in [2.24, 2.45) is 5.92 Å². The van der Waals surface area contributed by atoms with Crippen LogP contribution in [0.15, 0.2) is 49.4 Å². The highest BCUT2D eigenvalue weighted by molar-refractivity contribution is 5.66. The Morgan fingerprint density at radius 1 is 1.00 bits per heavy atom. The Morgan fingerprint density at radius 3 is 2.44 bits per heavy atom. The van der Waals surface area contributed by atoms with Gasteiger partial charge >= 0.3 is 0 Å². The number of hydrogen-bond acceptors (Lipinski definition) is 11. The number of ether oxygens (including phenoxy) is 4. The molecule has 5 heterocycles. The monoisotopic (exact) mass is 657 g/mol.